The monoisotopic (exact) mass is 366 g/mol. The molecule has 2 saturated carbocycles. The molecule has 27 heavy (non-hydrogen) atoms. The fourth-order valence-electron chi connectivity index (χ4n) is 5.04. The Morgan fingerprint density at radius 3 is 2.85 bits per heavy atom. The van der Waals surface area contributed by atoms with Gasteiger partial charge in [-0.2, -0.15) is 4.98 Å². The van der Waals surface area contributed by atoms with Gasteiger partial charge in [0, 0.05) is 31.6 Å². The third-order valence-electron chi connectivity index (χ3n) is 6.44. The maximum Gasteiger partial charge on any atom is 0.234 e. The molecule has 3 fully saturated rings. The predicted octanol–water partition coefficient (Wildman–Crippen LogP) is 2.44. The van der Waals surface area contributed by atoms with E-state index in [-0.39, 0.29) is 23.3 Å². The van der Waals surface area contributed by atoms with Crippen molar-refractivity contribution in [2.24, 2.45) is 11.8 Å². The molecule has 2 aliphatic carbocycles. The zero-order valence-electron chi connectivity index (χ0n) is 15.7. The molecule has 1 amide bonds. The lowest BCUT2D eigenvalue weighted by molar-refractivity contribution is -0.123. The number of hydrogen-bond acceptors (Lipinski definition) is 5. The summed E-state index contributed by atoms with van der Waals surface area (Å²) in [5.74, 6) is 2.36. The minimum atomic E-state index is -0.141. The zero-order chi connectivity index (χ0) is 18.4. The van der Waals surface area contributed by atoms with E-state index < -0.39 is 0 Å². The lowest BCUT2D eigenvalue weighted by Gasteiger charge is -2.25. The first kappa shape index (κ1) is 16.9. The second kappa shape index (κ2) is 6.44. The molecule has 6 heteroatoms. The van der Waals surface area contributed by atoms with Crippen LogP contribution < -0.4 is 5.32 Å². The van der Waals surface area contributed by atoms with Crippen LogP contribution in [0.25, 0.3) is 0 Å². The van der Waals surface area contributed by atoms with E-state index in [1.807, 2.05) is 6.92 Å². The second-order valence-electron chi connectivity index (χ2n) is 8.57. The lowest BCUT2D eigenvalue weighted by Crippen LogP contribution is -2.38. The van der Waals surface area contributed by atoms with E-state index in [4.69, 9.17) is 4.52 Å². The first-order valence-electron chi connectivity index (χ1n) is 10.00. The van der Waals surface area contributed by atoms with Gasteiger partial charge < -0.3 is 9.84 Å². The Morgan fingerprint density at radius 1 is 1.33 bits per heavy atom. The van der Waals surface area contributed by atoms with Crippen molar-refractivity contribution in [3.63, 3.8) is 0 Å². The van der Waals surface area contributed by atoms with E-state index in [0.717, 1.165) is 51.2 Å². The molecule has 3 aliphatic rings. The number of aryl methyl sites for hydroxylation is 1. The summed E-state index contributed by atoms with van der Waals surface area (Å²) in [6.07, 6.45) is 3.97. The number of rotatable bonds is 5. The molecule has 0 bridgehead atoms. The van der Waals surface area contributed by atoms with Gasteiger partial charge in [-0.1, -0.05) is 35.5 Å². The summed E-state index contributed by atoms with van der Waals surface area (Å²) >= 11 is 0. The van der Waals surface area contributed by atoms with Crippen LogP contribution in [0, 0.1) is 18.8 Å². The maximum atomic E-state index is 12.3. The van der Waals surface area contributed by atoms with Gasteiger partial charge in [0.15, 0.2) is 5.82 Å². The Morgan fingerprint density at radius 2 is 2.15 bits per heavy atom. The van der Waals surface area contributed by atoms with Crippen LogP contribution in [0.1, 0.15) is 43.0 Å². The molecule has 2 aromatic rings. The Bertz CT molecular complexity index is 832. The summed E-state index contributed by atoms with van der Waals surface area (Å²) in [5, 5.41) is 7.35. The van der Waals surface area contributed by atoms with Gasteiger partial charge in [0.25, 0.3) is 0 Å². The molecule has 3 atom stereocenters. The average molecular weight is 366 g/mol. The molecule has 0 radical (unpaired) electrons. The number of aromatic nitrogens is 2. The first-order valence-corrected chi connectivity index (χ1v) is 10.00. The Balaban J connectivity index is 1.36. The molecule has 6 nitrogen and oxygen atoms in total. The fourth-order valence-corrected chi connectivity index (χ4v) is 5.04. The highest BCUT2D eigenvalue weighted by Crippen LogP contribution is 2.50. The summed E-state index contributed by atoms with van der Waals surface area (Å²) < 4.78 is 5.66. The van der Waals surface area contributed by atoms with Crippen LogP contribution >= 0.6 is 0 Å². The number of fused-ring (bicyclic) bond motifs is 1. The van der Waals surface area contributed by atoms with E-state index >= 15 is 0 Å². The average Bonchev–Trinajstić information content (AvgIpc) is 3.21. The minimum absolute atomic E-state index is 0.141. The first-order chi connectivity index (χ1) is 13.1. The van der Waals surface area contributed by atoms with Gasteiger partial charge in [-0.3, -0.25) is 9.69 Å². The molecule has 0 spiro atoms. The van der Waals surface area contributed by atoms with Crippen LogP contribution in [0.5, 0.6) is 0 Å². The van der Waals surface area contributed by atoms with Crippen molar-refractivity contribution < 1.29 is 9.32 Å². The van der Waals surface area contributed by atoms with Crippen LogP contribution in [-0.4, -0.2) is 40.1 Å². The topological polar surface area (TPSA) is 71.3 Å². The number of hydrogen-bond donors (Lipinski definition) is 1. The largest absolute Gasteiger partial charge is 0.353 e. The summed E-state index contributed by atoms with van der Waals surface area (Å²) in [6.45, 7) is 4.72. The molecule has 1 aliphatic heterocycles. The summed E-state index contributed by atoms with van der Waals surface area (Å²) in [5.41, 5.74) is 1.19. The van der Waals surface area contributed by atoms with Crippen LogP contribution in [0.2, 0.25) is 0 Å². The van der Waals surface area contributed by atoms with Crippen molar-refractivity contribution in [1.82, 2.24) is 20.4 Å². The normalized spacial score (nSPS) is 30.4. The van der Waals surface area contributed by atoms with Gasteiger partial charge >= 0.3 is 0 Å². The Hall–Kier alpha value is -2.21. The highest BCUT2D eigenvalue weighted by molar-refractivity contribution is 5.81. The zero-order valence-corrected chi connectivity index (χ0v) is 15.7. The van der Waals surface area contributed by atoms with Gasteiger partial charge in [-0.25, -0.2) is 0 Å². The number of nitrogens with one attached hydrogen (secondary N) is 1. The molecule has 1 N–H and O–H groups in total. The number of benzene rings is 1. The Kier molecular flexibility index (Phi) is 4.04. The van der Waals surface area contributed by atoms with Gasteiger partial charge in [0.1, 0.15) is 0 Å². The molecule has 1 aromatic heterocycles. The standard InChI is InChI=1S/C21H26N4O2/c1-14-22-20(27-24-14)21-10-18(23-19(26)16-7-8-16)9-17(21)12-25(13-21)11-15-5-3-2-4-6-15/h2-6,16-18H,7-13H2,1H3,(H,23,26)/t17-,18+,21-/m0/s1. The number of amides is 1. The van der Waals surface area contributed by atoms with Crippen LogP contribution in [-0.2, 0) is 16.8 Å². The molecule has 5 rings (SSSR count). The molecule has 0 unspecified atom stereocenters. The molecular weight excluding hydrogens is 340 g/mol. The fraction of sp³-hybridized carbons (Fsp3) is 0.571. The van der Waals surface area contributed by atoms with E-state index in [1.165, 1.54) is 5.56 Å². The predicted molar refractivity (Wildman–Crippen MR) is 99.8 cm³/mol. The van der Waals surface area contributed by atoms with E-state index in [2.05, 4.69) is 50.7 Å². The second-order valence-corrected chi connectivity index (χ2v) is 8.57. The van der Waals surface area contributed by atoms with Crippen molar-refractivity contribution >= 4 is 5.91 Å². The molecular formula is C21H26N4O2. The molecule has 2 heterocycles. The van der Waals surface area contributed by atoms with Crippen LogP contribution in [0.4, 0.5) is 0 Å². The number of carbonyl (C=O) groups excluding carboxylic acids is 1. The maximum absolute atomic E-state index is 12.3. The molecule has 1 aromatic carbocycles. The van der Waals surface area contributed by atoms with Crippen molar-refractivity contribution in [2.45, 2.75) is 50.6 Å². The van der Waals surface area contributed by atoms with Crippen molar-refractivity contribution in [3.8, 4) is 0 Å². The smallest absolute Gasteiger partial charge is 0.234 e. The third-order valence-corrected chi connectivity index (χ3v) is 6.44. The quantitative estimate of drug-likeness (QED) is 0.880. The van der Waals surface area contributed by atoms with E-state index in [9.17, 15) is 4.79 Å². The molecule has 1 saturated heterocycles. The van der Waals surface area contributed by atoms with Crippen molar-refractivity contribution in [3.05, 3.63) is 47.6 Å². The van der Waals surface area contributed by atoms with Gasteiger partial charge in [0.2, 0.25) is 11.8 Å². The minimum Gasteiger partial charge on any atom is -0.353 e. The SMILES string of the molecule is Cc1noc([C@]23C[C@H](NC(=O)C4CC4)C[C@H]2CN(Cc2ccccc2)C3)n1. The van der Waals surface area contributed by atoms with E-state index in [0.29, 0.717) is 11.7 Å². The van der Waals surface area contributed by atoms with Crippen molar-refractivity contribution in [1.29, 1.82) is 0 Å². The van der Waals surface area contributed by atoms with Gasteiger partial charge in [0.05, 0.1) is 5.41 Å². The summed E-state index contributed by atoms with van der Waals surface area (Å²) in [4.78, 5) is 19.4. The summed E-state index contributed by atoms with van der Waals surface area (Å²) in [7, 11) is 0. The van der Waals surface area contributed by atoms with Gasteiger partial charge in [-0.05, 0) is 44.1 Å². The highest BCUT2D eigenvalue weighted by Gasteiger charge is 2.57. The number of nitrogens with zero attached hydrogens (tertiary/aromatic N) is 3. The van der Waals surface area contributed by atoms with Crippen LogP contribution in [0.15, 0.2) is 34.9 Å². The van der Waals surface area contributed by atoms with E-state index in [1.54, 1.807) is 0 Å². The van der Waals surface area contributed by atoms with Crippen molar-refractivity contribution in [2.75, 3.05) is 13.1 Å². The molecule has 142 valence electrons. The van der Waals surface area contributed by atoms with Gasteiger partial charge in [-0.15, -0.1) is 0 Å². The third kappa shape index (κ3) is 3.16. The lowest BCUT2D eigenvalue weighted by atomic mass is 9.80. The number of carbonyl (C=O) groups is 1. The number of likely N-dealkylation sites (tertiary alicyclic amines) is 1. The Labute approximate surface area is 159 Å². The highest BCUT2D eigenvalue weighted by atomic mass is 16.5. The van der Waals surface area contributed by atoms with Crippen LogP contribution in [0.3, 0.4) is 0 Å². The summed E-state index contributed by atoms with van der Waals surface area (Å²) in [6, 6.07) is 10.8.